The van der Waals surface area contributed by atoms with Crippen molar-refractivity contribution in [1.29, 1.82) is 0 Å². The molecule has 0 radical (unpaired) electrons. The van der Waals surface area contributed by atoms with Crippen molar-refractivity contribution in [3.05, 3.63) is 11.6 Å². The van der Waals surface area contributed by atoms with Crippen LogP contribution in [0.25, 0.3) is 0 Å². The second kappa shape index (κ2) is 10.6. The molecule has 3 saturated carbocycles. The number of hydrogen-bond acceptors (Lipinski definition) is 3. The number of aliphatic carboxylic acids is 1. The number of fused-ring (bicyclic) bond motifs is 5. The lowest BCUT2D eigenvalue weighted by atomic mass is 9.47. The average Bonchev–Trinajstić information content (AvgIpc) is 3.14. The Balaban J connectivity index is 1.36. The monoisotopic (exact) mass is 504 g/mol. The molecule has 8 atom stereocenters. The van der Waals surface area contributed by atoms with Crippen LogP contribution in [0.2, 0.25) is 25.7 Å². The Morgan fingerprint density at radius 1 is 1.14 bits per heavy atom. The van der Waals surface area contributed by atoms with Crippen molar-refractivity contribution in [2.24, 2.45) is 40.4 Å². The van der Waals surface area contributed by atoms with Crippen molar-refractivity contribution in [2.45, 2.75) is 117 Å². The van der Waals surface area contributed by atoms with Gasteiger partial charge in [-0.1, -0.05) is 52.1 Å². The van der Waals surface area contributed by atoms with Crippen LogP contribution >= 0.6 is 0 Å². The second-order valence-corrected chi connectivity index (χ2v) is 19.9. The Morgan fingerprint density at radius 3 is 2.63 bits per heavy atom. The first-order valence-corrected chi connectivity index (χ1v) is 18.3. The molecule has 0 heterocycles. The lowest BCUT2D eigenvalue weighted by Gasteiger charge is -2.58. The van der Waals surface area contributed by atoms with E-state index in [0.29, 0.717) is 42.0 Å². The van der Waals surface area contributed by atoms with Crippen LogP contribution < -0.4 is 0 Å². The van der Waals surface area contributed by atoms with Crippen LogP contribution in [-0.2, 0) is 14.3 Å². The summed E-state index contributed by atoms with van der Waals surface area (Å²) in [5.41, 5.74) is 2.41. The molecule has 3 fully saturated rings. The van der Waals surface area contributed by atoms with E-state index in [1.165, 1.54) is 44.6 Å². The van der Waals surface area contributed by atoms with Crippen LogP contribution in [0, 0.1) is 40.4 Å². The standard InChI is InChI=1S/C30H52O4Si/c1-21(7-12-28(31)32)25-10-11-26-24-9-8-22-19-23(34-20-33-17-18-35(4,5)6)13-15-29(22,2)27(24)14-16-30(25,26)3/h8,21,23-27H,7,9-20H2,1-6H3,(H,31,32)/t21?,23-,24-,25+,26-,27-,29-,30+/m0/s1. The lowest BCUT2D eigenvalue weighted by molar-refractivity contribution is -0.137. The van der Waals surface area contributed by atoms with Crippen molar-refractivity contribution in [3.63, 3.8) is 0 Å². The SMILES string of the molecule is CC(CCC(=O)O)[C@H]1CC[C@H]2[C@@H]3CC=C4C[C@@H](OCOCC[Si](C)(C)C)CC[C@]4(C)[C@H]3CC[C@]12C. The van der Waals surface area contributed by atoms with Gasteiger partial charge in [-0.3, -0.25) is 4.79 Å². The molecule has 0 aromatic heterocycles. The average molecular weight is 505 g/mol. The van der Waals surface area contributed by atoms with Crippen LogP contribution in [0.3, 0.4) is 0 Å². The molecule has 0 aromatic carbocycles. The third kappa shape index (κ3) is 5.77. The number of carbonyl (C=O) groups is 1. The van der Waals surface area contributed by atoms with E-state index in [1.807, 2.05) is 0 Å². The Hall–Kier alpha value is -0.653. The zero-order chi connectivity index (χ0) is 25.4. The number of hydrogen-bond donors (Lipinski definition) is 1. The molecule has 5 heteroatoms. The van der Waals surface area contributed by atoms with Crippen molar-refractivity contribution < 1.29 is 19.4 Å². The molecule has 4 aliphatic carbocycles. The molecule has 0 saturated heterocycles. The normalized spacial score (nSPS) is 39.8. The maximum absolute atomic E-state index is 11.2. The van der Waals surface area contributed by atoms with Gasteiger partial charge in [-0.2, -0.15) is 0 Å². The summed E-state index contributed by atoms with van der Waals surface area (Å²) >= 11 is 0. The molecule has 1 N–H and O–H groups in total. The summed E-state index contributed by atoms with van der Waals surface area (Å²) in [6.45, 7) is 15.9. The maximum atomic E-state index is 11.2. The van der Waals surface area contributed by atoms with E-state index in [-0.39, 0.29) is 0 Å². The third-order valence-corrected chi connectivity index (χ3v) is 12.7. The predicted molar refractivity (Wildman–Crippen MR) is 145 cm³/mol. The van der Waals surface area contributed by atoms with Gasteiger partial charge in [-0.25, -0.2) is 0 Å². The Morgan fingerprint density at radius 2 is 1.91 bits per heavy atom. The van der Waals surface area contributed by atoms with Crippen LogP contribution in [0.15, 0.2) is 11.6 Å². The quantitative estimate of drug-likeness (QED) is 0.143. The highest BCUT2D eigenvalue weighted by atomic mass is 28.3. The molecular weight excluding hydrogens is 452 g/mol. The molecular formula is C30H52O4Si. The van der Waals surface area contributed by atoms with E-state index >= 15 is 0 Å². The minimum atomic E-state index is -1.04. The fraction of sp³-hybridized carbons (Fsp3) is 0.900. The number of rotatable bonds is 10. The minimum Gasteiger partial charge on any atom is -0.481 e. The molecule has 200 valence electrons. The molecule has 1 unspecified atom stereocenters. The smallest absolute Gasteiger partial charge is 0.303 e. The summed E-state index contributed by atoms with van der Waals surface area (Å²) in [6, 6.07) is 1.20. The van der Waals surface area contributed by atoms with E-state index in [2.05, 4.69) is 46.5 Å². The number of ether oxygens (including phenoxy) is 2. The molecule has 0 bridgehead atoms. The second-order valence-electron chi connectivity index (χ2n) is 14.3. The molecule has 35 heavy (non-hydrogen) atoms. The lowest BCUT2D eigenvalue weighted by Crippen LogP contribution is -2.51. The topological polar surface area (TPSA) is 55.8 Å². The number of allylic oxidation sites excluding steroid dienone is 1. The fourth-order valence-corrected chi connectivity index (χ4v) is 9.64. The molecule has 0 spiro atoms. The van der Waals surface area contributed by atoms with Crippen LogP contribution in [0.4, 0.5) is 0 Å². The van der Waals surface area contributed by atoms with Crippen LogP contribution in [0.5, 0.6) is 0 Å². The fourth-order valence-electron chi connectivity index (χ4n) is 8.88. The largest absolute Gasteiger partial charge is 0.481 e. The van der Waals surface area contributed by atoms with Crippen molar-refractivity contribution in [1.82, 2.24) is 0 Å². The van der Waals surface area contributed by atoms with Gasteiger partial charge in [0.1, 0.15) is 6.79 Å². The van der Waals surface area contributed by atoms with Gasteiger partial charge in [0, 0.05) is 21.1 Å². The predicted octanol–water partition coefficient (Wildman–Crippen LogP) is 7.76. The highest BCUT2D eigenvalue weighted by molar-refractivity contribution is 6.76. The van der Waals surface area contributed by atoms with Crippen LogP contribution in [0.1, 0.15) is 85.0 Å². The summed E-state index contributed by atoms with van der Waals surface area (Å²) in [7, 11) is -1.04. The van der Waals surface area contributed by atoms with Gasteiger partial charge in [0.05, 0.1) is 6.10 Å². The van der Waals surface area contributed by atoms with Crippen molar-refractivity contribution in [3.8, 4) is 0 Å². The Labute approximate surface area is 215 Å². The Kier molecular flexibility index (Phi) is 8.30. The minimum absolute atomic E-state index is 0.317. The molecule has 4 rings (SSSR count). The maximum Gasteiger partial charge on any atom is 0.303 e. The zero-order valence-electron chi connectivity index (χ0n) is 23.4. The summed E-state index contributed by atoms with van der Waals surface area (Å²) in [4.78, 5) is 11.2. The van der Waals surface area contributed by atoms with E-state index in [4.69, 9.17) is 9.47 Å². The first-order chi connectivity index (χ1) is 16.4. The van der Waals surface area contributed by atoms with Gasteiger partial charge in [0.25, 0.3) is 0 Å². The van der Waals surface area contributed by atoms with E-state index in [9.17, 15) is 9.90 Å². The highest BCUT2D eigenvalue weighted by Crippen LogP contribution is 2.67. The third-order valence-electron chi connectivity index (χ3n) is 11.0. The summed E-state index contributed by atoms with van der Waals surface area (Å²) in [6.07, 6.45) is 14.2. The molecule has 0 aliphatic heterocycles. The first kappa shape index (κ1) is 27.4. The van der Waals surface area contributed by atoms with Gasteiger partial charge in [-0.15, -0.1) is 0 Å². The van der Waals surface area contributed by atoms with Gasteiger partial charge in [-0.05, 0) is 104 Å². The first-order valence-electron chi connectivity index (χ1n) is 14.5. The van der Waals surface area contributed by atoms with Crippen LogP contribution in [-0.4, -0.2) is 38.7 Å². The van der Waals surface area contributed by atoms with E-state index in [0.717, 1.165) is 43.6 Å². The molecule has 4 aliphatic rings. The molecule has 4 nitrogen and oxygen atoms in total. The van der Waals surface area contributed by atoms with Gasteiger partial charge >= 0.3 is 5.97 Å². The Bertz CT molecular complexity index is 788. The van der Waals surface area contributed by atoms with Gasteiger partial charge in [0.15, 0.2) is 0 Å². The molecule has 0 amide bonds. The zero-order valence-corrected chi connectivity index (χ0v) is 24.4. The molecule has 0 aromatic rings. The summed E-state index contributed by atoms with van der Waals surface area (Å²) in [5.74, 6) is 2.99. The van der Waals surface area contributed by atoms with Gasteiger partial charge in [0.2, 0.25) is 0 Å². The van der Waals surface area contributed by atoms with Crippen molar-refractivity contribution in [2.75, 3.05) is 13.4 Å². The van der Waals surface area contributed by atoms with E-state index in [1.54, 1.807) is 5.57 Å². The number of carboxylic acid groups (broad SMARTS) is 1. The number of carboxylic acids is 1. The summed E-state index contributed by atoms with van der Waals surface area (Å²) < 4.78 is 12.0. The van der Waals surface area contributed by atoms with E-state index < -0.39 is 14.0 Å². The highest BCUT2D eigenvalue weighted by Gasteiger charge is 2.59. The summed E-state index contributed by atoms with van der Waals surface area (Å²) in [5, 5.41) is 9.19. The van der Waals surface area contributed by atoms with Gasteiger partial charge < -0.3 is 14.6 Å². The van der Waals surface area contributed by atoms with Crippen molar-refractivity contribution >= 4 is 14.0 Å².